The van der Waals surface area contributed by atoms with E-state index in [9.17, 15) is 26.6 Å². The van der Waals surface area contributed by atoms with Gasteiger partial charge in [0.2, 0.25) is 0 Å². The molecule has 2 aromatic carbocycles. The van der Waals surface area contributed by atoms with Crippen LogP contribution in [0.1, 0.15) is 35.5 Å². The van der Waals surface area contributed by atoms with Crippen LogP contribution >= 0.6 is 0 Å². The summed E-state index contributed by atoms with van der Waals surface area (Å²) in [5, 5.41) is 9.00. The number of aromatic nitrogens is 2. The number of benzene rings is 2. The molecule has 0 radical (unpaired) electrons. The fraction of sp³-hybridized carbons (Fsp3) is 0.261. The molecule has 1 amide bonds. The highest BCUT2D eigenvalue weighted by molar-refractivity contribution is 7.91. The molecule has 0 aliphatic rings. The summed E-state index contributed by atoms with van der Waals surface area (Å²) in [6, 6.07) is 9.03. The van der Waals surface area contributed by atoms with Gasteiger partial charge in [0.25, 0.3) is 11.8 Å². The average molecular weight is 527 g/mol. The van der Waals surface area contributed by atoms with E-state index >= 15 is 0 Å². The van der Waals surface area contributed by atoms with Gasteiger partial charge in [-0.3, -0.25) is 4.79 Å². The maximum atomic E-state index is 14.4. The van der Waals surface area contributed by atoms with Crippen LogP contribution < -0.4 is 14.8 Å². The van der Waals surface area contributed by atoms with Gasteiger partial charge in [0.1, 0.15) is 11.3 Å². The third kappa shape index (κ3) is 6.27. The van der Waals surface area contributed by atoms with Crippen molar-refractivity contribution in [3.63, 3.8) is 0 Å². The molecule has 36 heavy (non-hydrogen) atoms. The van der Waals surface area contributed by atoms with Gasteiger partial charge in [-0.05, 0) is 56.7 Å². The molecule has 3 rings (SSSR count). The predicted molar refractivity (Wildman–Crippen MR) is 123 cm³/mol. The molecule has 0 saturated heterocycles. The lowest BCUT2D eigenvalue weighted by Crippen LogP contribution is -2.21. The van der Waals surface area contributed by atoms with Crippen molar-refractivity contribution in [2.45, 2.75) is 37.9 Å². The number of nitrogens with zero attached hydrogens (tertiary/aromatic N) is 2. The van der Waals surface area contributed by atoms with Gasteiger partial charge in [-0.2, -0.15) is 13.2 Å². The summed E-state index contributed by atoms with van der Waals surface area (Å²) in [4.78, 5) is 13.2. The first-order chi connectivity index (χ1) is 16.7. The van der Waals surface area contributed by atoms with E-state index in [0.29, 0.717) is 0 Å². The monoisotopic (exact) mass is 526 g/mol. The quantitative estimate of drug-likeness (QED) is 0.376. The van der Waals surface area contributed by atoms with Crippen molar-refractivity contribution >= 4 is 21.3 Å². The molecular formula is C23H22F4N4O4S. The predicted octanol–water partition coefficient (Wildman–Crippen LogP) is 5.81. The Labute approximate surface area is 204 Å². The van der Waals surface area contributed by atoms with Crippen LogP contribution in [0.5, 0.6) is 17.4 Å². The number of carbonyl (C=O) groups is 1. The van der Waals surface area contributed by atoms with Crippen molar-refractivity contribution in [2.24, 2.45) is 0 Å². The van der Waals surface area contributed by atoms with E-state index in [1.54, 1.807) is 13.8 Å². The summed E-state index contributed by atoms with van der Waals surface area (Å²) in [7, 11) is -3.12. The van der Waals surface area contributed by atoms with E-state index in [0.717, 1.165) is 13.0 Å². The first-order valence-corrected chi connectivity index (χ1v) is 12.4. The summed E-state index contributed by atoms with van der Waals surface area (Å²) in [6.45, 7) is 4.43. The summed E-state index contributed by atoms with van der Waals surface area (Å²) in [6.07, 6.45) is -4.03. The topological polar surface area (TPSA) is 114 Å². The molecule has 0 aliphatic heterocycles. The van der Waals surface area contributed by atoms with Crippen molar-refractivity contribution in [2.75, 3.05) is 11.6 Å². The van der Waals surface area contributed by atoms with Crippen LogP contribution in [0.15, 0.2) is 47.4 Å². The van der Waals surface area contributed by atoms with E-state index in [-0.39, 0.29) is 28.2 Å². The minimum absolute atomic E-state index is 0.0632. The minimum Gasteiger partial charge on any atom is -0.488 e. The van der Waals surface area contributed by atoms with Gasteiger partial charge in [-0.25, -0.2) is 13.4 Å². The number of halogens is 4. The lowest BCUT2D eigenvalue weighted by molar-refractivity contribution is -0.142. The van der Waals surface area contributed by atoms with Gasteiger partial charge in [-0.1, -0.05) is 6.07 Å². The van der Waals surface area contributed by atoms with E-state index in [4.69, 9.17) is 14.3 Å². The number of hydrogen-bond acceptors (Lipinski definition) is 7. The van der Waals surface area contributed by atoms with Gasteiger partial charge in [0.15, 0.2) is 17.3 Å². The van der Waals surface area contributed by atoms with Gasteiger partial charge in [0.05, 0.1) is 15.8 Å². The zero-order chi connectivity index (χ0) is 26.8. The number of ether oxygens (including phenoxy) is 2. The largest absolute Gasteiger partial charge is 0.488 e. The lowest BCUT2D eigenvalue weighted by Gasteiger charge is -2.16. The number of amides is 1. The number of anilines is 1. The molecule has 1 heterocycles. The molecule has 1 atom stereocenters. The van der Waals surface area contributed by atoms with Crippen LogP contribution in [0.4, 0.5) is 23.2 Å². The third-order valence-electron chi connectivity index (χ3n) is 4.70. The molecule has 2 N–H and O–H groups in total. The van der Waals surface area contributed by atoms with Crippen LogP contribution in [0, 0.1) is 17.5 Å². The molecule has 1 aromatic heterocycles. The van der Waals surface area contributed by atoms with Crippen LogP contribution in [0.25, 0.3) is 0 Å². The zero-order valence-corrected chi connectivity index (χ0v) is 20.4. The van der Waals surface area contributed by atoms with E-state index in [1.165, 1.54) is 42.7 Å². The van der Waals surface area contributed by atoms with Gasteiger partial charge in [-0.15, -0.1) is 10.2 Å². The summed E-state index contributed by atoms with van der Waals surface area (Å²) >= 11 is 0. The Morgan fingerprint density at radius 3 is 2.42 bits per heavy atom. The Hall–Kier alpha value is -3.74. The van der Waals surface area contributed by atoms with Crippen molar-refractivity contribution in [3.8, 4) is 17.4 Å². The molecule has 1 unspecified atom stereocenters. The van der Waals surface area contributed by atoms with Crippen molar-refractivity contribution in [1.29, 1.82) is 4.78 Å². The summed E-state index contributed by atoms with van der Waals surface area (Å²) in [5.41, 5.74) is -2.48. The molecule has 13 heteroatoms. The highest BCUT2D eigenvalue weighted by atomic mass is 32.2. The maximum absolute atomic E-state index is 14.4. The fourth-order valence-corrected chi connectivity index (χ4v) is 3.81. The van der Waals surface area contributed by atoms with Crippen molar-refractivity contribution in [3.05, 3.63) is 65.1 Å². The molecule has 0 aliphatic carbocycles. The van der Waals surface area contributed by atoms with Gasteiger partial charge >= 0.3 is 6.18 Å². The Morgan fingerprint density at radius 1 is 1.14 bits per heavy atom. The number of rotatable bonds is 7. The second-order valence-corrected chi connectivity index (χ2v) is 10.2. The minimum atomic E-state index is -4.91. The summed E-state index contributed by atoms with van der Waals surface area (Å²) < 4.78 is 85.3. The molecular weight excluding hydrogens is 504 g/mol. The van der Waals surface area contributed by atoms with Crippen molar-refractivity contribution in [1.82, 2.24) is 10.2 Å². The molecule has 8 nitrogen and oxygen atoms in total. The number of carbonyl (C=O) groups excluding carboxylic acids is 1. The standard InChI is InChI=1S/C23H22F4N4O4S/c1-12(2)34-18-9-8-15(11-17(18)24)35-22-19(13(3)20(30-31-22)23(25,26)27)21(32)29-14-6-5-7-16(10-14)36(4,28)33/h5-12,28H,1-4H3,(H,29,32). The Bertz CT molecular complexity index is 1410. The van der Waals surface area contributed by atoms with Crippen LogP contribution in [0.3, 0.4) is 0 Å². The Balaban J connectivity index is 2.03. The highest BCUT2D eigenvalue weighted by Gasteiger charge is 2.38. The first kappa shape index (κ1) is 26.9. The fourth-order valence-electron chi connectivity index (χ4n) is 3.12. The first-order valence-electron chi connectivity index (χ1n) is 10.4. The smallest absolute Gasteiger partial charge is 0.435 e. The van der Waals surface area contributed by atoms with Crippen molar-refractivity contribution < 1.29 is 36.0 Å². The average Bonchev–Trinajstić information content (AvgIpc) is 2.74. The summed E-state index contributed by atoms with van der Waals surface area (Å²) in [5.74, 6) is -2.64. The second kappa shape index (κ2) is 10.1. The van der Waals surface area contributed by atoms with Gasteiger partial charge in [0, 0.05) is 22.9 Å². The van der Waals surface area contributed by atoms with Crippen LogP contribution in [-0.2, 0) is 15.9 Å². The van der Waals surface area contributed by atoms with E-state index in [2.05, 4.69) is 15.5 Å². The van der Waals surface area contributed by atoms with E-state index < -0.39 is 50.3 Å². The second-order valence-electron chi connectivity index (χ2n) is 8.04. The highest BCUT2D eigenvalue weighted by Crippen LogP contribution is 2.35. The van der Waals surface area contributed by atoms with Gasteiger partial charge < -0.3 is 14.8 Å². The molecule has 0 fully saturated rings. The lowest BCUT2D eigenvalue weighted by atomic mass is 10.1. The normalized spacial score (nSPS) is 13.2. The molecule has 0 saturated carbocycles. The molecule has 0 bridgehead atoms. The third-order valence-corrected chi connectivity index (χ3v) is 5.86. The maximum Gasteiger partial charge on any atom is 0.435 e. The Morgan fingerprint density at radius 2 is 1.83 bits per heavy atom. The van der Waals surface area contributed by atoms with Crippen LogP contribution in [0.2, 0.25) is 0 Å². The van der Waals surface area contributed by atoms with E-state index in [1.807, 2.05) is 0 Å². The molecule has 0 spiro atoms. The van der Waals surface area contributed by atoms with Crippen LogP contribution in [-0.4, -0.2) is 32.7 Å². The SMILES string of the molecule is Cc1c(C(F)(F)F)nnc(Oc2ccc(OC(C)C)c(F)c2)c1C(=O)Nc1cccc(S(C)(=N)=O)c1. The number of alkyl halides is 3. The zero-order valence-electron chi connectivity index (χ0n) is 19.6. The molecule has 3 aromatic rings. The number of hydrogen-bond donors (Lipinski definition) is 2. The molecule has 192 valence electrons. The Kier molecular flexibility index (Phi) is 7.53. The number of nitrogens with one attached hydrogen (secondary N) is 2.